The molecule has 1 amide bonds. The Bertz CT molecular complexity index is 1930. The van der Waals surface area contributed by atoms with Crippen LogP contribution < -0.4 is 4.90 Å². The zero-order chi connectivity index (χ0) is 32.8. The van der Waals surface area contributed by atoms with E-state index in [1.807, 2.05) is 36.4 Å². The van der Waals surface area contributed by atoms with Crippen molar-refractivity contribution in [2.45, 2.75) is 36.7 Å². The molecule has 1 unspecified atom stereocenters. The summed E-state index contributed by atoms with van der Waals surface area (Å²) in [4.78, 5) is 20.2. The van der Waals surface area contributed by atoms with Crippen molar-refractivity contribution in [3.63, 3.8) is 0 Å². The Labute approximate surface area is 271 Å². The summed E-state index contributed by atoms with van der Waals surface area (Å²) in [7, 11) is 3.01. The quantitative estimate of drug-likeness (QED) is 0.214. The van der Waals surface area contributed by atoms with Crippen molar-refractivity contribution < 1.29 is 36.9 Å². The number of likely N-dealkylation sites (N-methyl/N-ethyl adjacent to an activating group) is 1. The first-order valence-electron chi connectivity index (χ1n) is 14.6. The van der Waals surface area contributed by atoms with Gasteiger partial charge in [0, 0.05) is 41.9 Å². The number of ether oxygens (including phenoxy) is 4. The minimum absolute atomic E-state index is 0.0343. The second-order valence-corrected chi connectivity index (χ2v) is 11.6. The van der Waals surface area contributed by atoms with Crippen LogP contribution in [0.2, 0.25) is 5.02 Å². The van der Waals surface area contributed by atoms with Crippen LogP contribution in [-0.4, -0.2) is 71.1 Å². The summed E-state index contributed by atoms with van der Waals surface area (Å²) >= 11 is 6.41. The molecule has 0 radical (unpaired) electrons. The number of hydrogen-bond acceptors (Lipinski definition) is 8. The van der Waals surface area contributed by atoms with Gasteiger partial charge in [-0.05, 0) is 30.3 Å². The molecular weight excluding hydrogens is 639 g/mol. The van der Waals surface area contributed by atoms with Gasteiger partial charge in [-0.1, -0.05) is 53.2 Å². The molecule has 2 fully saturated rings. The van der Waals surface area contributed by atoms with Gasteiger partial charge in [-0.3, -0.25) is 9.78 Å². The number of methoxy groups -OCH3 is 1. The molecule has 2 aliphatic rings. The first-order valence-corrected chi connectivity index (χ1v) is 15.0. The Morgan fingerprint density at radius 1 is 1.04 bits per heavy atom. The Hall–Kier alpha value is -4.40. The summed E-state index contributed by atoms with van der Waals surface area (Å²) in [6.07, 6.45) is -1.48. The van der Waals surface area contributed by atoms with E-state index in [9.17, 15) is 18.0 Å². The second-order valence-electron chi connectivity index (χ2n) is 11.2. The molecule has 242 valence electrons. The monoisotopic (exact) mass is 665 g/mol. The van der Waals surface area contributed by atoms with Crippen LogP contribution in [0, 0.1) is 17.5 Å². The van der Waals surface area contributed by atoms with Gasteiger partial charge in [-0.2, -0.15) is 0 Å². The maximum absolute atomic E-state index is 14.3. The summed E-state index contributed by atoms with van der Waals surface area (Å²) < 4.78 is 68.2. The third-order valence-corrected chi connectivity index (χ3v) is 8.59. The van der Waals surface area contributed by atoms with E-state index in [1.54, 1.807) is 31.4 Å². The summed E-state index contributed by atoms with van der Waals surface area (Å²) in [5.41, 5.74) is 1.80. The van der Waals surface area contributed by atoms with Gasteiger partial charge in [0.2, 0.25) is 0 Å². The van der Waals surface area contributed by atoms with Gasteiger partial charge in [0.15, 0.2) is 29.8 Å². The van der Waals surface area contributed by atoms with Gasteiger partial charge >= 0.3 is 0 Å². The number of hydrogen-bond donors (Lipinski definition) is 0. The Balaban J connectivity index is 1.28. The molecule has 2 aliphatic heterocycles. The van der Waals surface area contributed by atoms with Gasteiger partial charge in [0.25, 0.3) is 5.91 Å². The van der Waals surface area contributed by atoms with E-state index < -0.39 is 60.1 Å². The van der Waals surface area contributed by atoms with Crippen molar-refractivity contribution in [1.82, 2.24) is 20.0 Å². The lowest BCUT2D eigenvalue weighted by Crippen LogP contribution is -2.63. The largest absolute Gasteiger partial charge is 0.376 e. The maximum atomic E-state index is 14.3. The Kier molecular flexibility index (Phi) is 8.41. The highest BCUT2D eigenvalue weighted by Crippen LogP contribution is 2.41. The van der Waals surface area contributed by atoms with Crippen LogP contribution in [-0.2, 0) is 23.7 Å². The van der Waals surface area contributed by atoms with Crippen LogP contribution in [0.15, 0.2) is 79.1 Å². The molecule has 4 heterocycles. The summed E-state index contributed by atoms with van der Waals surface area (Å²) in [5, 5.41) is 9.52. The number of pyridine rings is 1. The van der Waals surface area contributed by atoms with Gasteiger partial charge in [-0.25, -0.2) is 17.9 Å². The fourth-order valence-electron chi connectivity index (χ4n) is 6.10. The van der Waals surface area contributed by atoms with Crippen LogP contribution in [0.3, 0.4) is 0 Å². The van der Waals surface area contributed by atoms with E-state index >= 15 is 0 Å². The molecule has 14 heteroatoms. The number of anilines is 1. The molecule has 10 nitrogen and oxygen atoms in total. The molecule has 7 rings (SSSR count). The standard InChI is InChI=1S/C33H27ClF3N5O5/c1-41(24-14-20(34)11-18-9-6-10-38-27(18)24)32(43)31-30(44-2)28(29-25(46-31)16-45-33(47-29)17-7-4-3-5-8-17)42-15-23(39-40-42)19-12-21(35)26(37)22(36)13-19/h3-15,25,28-31,33H,16H2,1-2H3/t25-,28+,29+,30-,31-,33?/m1/s1. The first-order chi connectivity index (χ1) is 22.7. The third-order valence-electron chi connectivity index (χ3n) is 8.38. The molecule has 0 saturated carbocycles. The minimum atomic E-state index is -1.59. The highest BCUT2D eigenvalue weighted by Gasteiger charge is 2.54. The van der Waals surface area contributed by atoms with Gasteiger partial charge in [0.1, 0.15) is 30.0 Å². The molecule has 0 N–H and O–H groups in total. The van der Waals surface area contributed by atoms with Crippen molar-refractivity contribution in [3.05, 3.63) is 107 Å². The van der Waals surface area contributed by atoms with Crippen molar-refractivity contribution in [2.75, 3.05) is 25.7 Å². The normalized spacial score (nSPS) is 24.2. The van der Waals surface area contributed by atoms with Gasteiger partial charge < -0.3 is 23.8 Å². The van der Waals surface area contributed by atoms with Crippen LogP contribution >= 0.6 is 11.6 Å². The lowest BCUT2D eigenvalue weighted by Gasteiger charge is -2.49. The van der Waals surface area contributed by atoms with Gasteiger partial charge in [0.05, 0.1) is 24.0 Å². The Morgan fingerprint density at radius 3 is 2.55 bits per heavy atom. The fourth-order valence-corrected chi connectivity index (χ4v) is 6.33. The van der Waals surface area contributed by atoms with E-state index in [2.05, 4.69) is 15.3 Å². The molecule has 2 saturated heterocycles. The SMILES string of the molecule is CO[C@@H]1[C@@H](n2cc(-c3cc(F)c(F)c(F)c3)nn2)[C@H]2OC(c3ccccc3)OC[C@H]2O[C@H]1C(=O)N(C)c1cc(Cl)cc2cccnc12. The molecule has 6 atom stereocenters. The third kappa shape index (κ3) is 5.74. The second kappa shape index (κ2) is 12.7. The van der Waals surface area contributed by atoms with E-state index in [0.29, 0.717) is 16.2 Å². The molecule has 0 bridgehead atoms. The average molecular weight is 666 g/mol. The molecular formula is C33H27ClF3N5O5. The van der Waals surface area contributed by atoms with E-state index in [4.69, 9.17) is 30.5 Å². The molecule has 0 spiro atoms. The number of carbonyl (C=O) groups is 1. The van der Waals surface area contributed by atoms with Crippen molar-refractivity contribution in [2.24, 2.45) is 0 Å². The number of halogens is 4. The molecule has 47 heavy (non-hydrogen) atoms. The molecule has 5 aromatic rings. The van der Waals surface area contributed by atoms with Crippen LogP contribution in [0.1, 0.15) is 17.9 Å². The number of benzene rings is 3. The van der Waals surface area contributed by atoms with Crippen LogP contribution in [0.5, 0.6) is 0 Å². The number of fused-ring (bicyclic) bond motifs is 2. The summed E-state index contributed by atoms with van der Waals surface area (Å²) in [6, 6.07) is 17.1. The lowest BCUT2D eigenvalue weighted by molar-refractivity contribution is -0.314. The number of nitrogens with zero attached hydrogens (tertiary/aromatic N) is 5. The highest BCUT2D eigenvalue weighted by molar-refractivity contribution is 6.32. The first kappa shape index (κ1) is 31.2. The van der Waals surface area contributed by atoms with Gasteiger partial charge in [-0.15, -0.1) is 5.10 Å². The minimum Gasteiger partial charge on any atom is -0.376 e. The number of rotatable bonds is 6. The zero-order valence-corrected chi connectivity index (χ0v) is 25.7. The highest BCUT2D eigenvalue weighted by atomic mass is 35.5. The average Bonchev–Trinajstić information content (AvgIpc) is 3.58. The number of aromatic nitrogens is 4. The zero-order valence-electron chi connectivity index (χ0n) is 25.0. The summed E-state index contributed by atoms with van der Waals surface area (Å²) in [5.74, 6) is -4.80. The van der Waals surface area contributed by atoms with E-state index in [-0.39, 0.29) is 17.9 Å². The van der Waals surface area contributed by atoms with Crippen molar-refractivity contribution in [3.8, 4) is 11.3 Å². The number of carbonyl (C=O) groups excluding carboxylic acids is 1. The van der Waals surface area contributed by atoms with E-state index in [0.717, 1.165) is 23.1 Å². The maximum Gasteiger partial charge on any atom is 0.258 e. The van der Waals surface area contributed by atoms with Crippen LogP contribution in [0.4, 0.5) is 18.9 Å². The predicted molar refractivity (Wildman–Crippen MR) is 164 cm³/mol. The van der Waals surface area contributed by atoms with Crippen LogP contribution in [0.25, 0.3) is 22.2 Å². The van der Waals surface area contributed by atoms with Crippen molar-refractivity contribution >= 4 is 34.1 Å². The van der Waals surface area contributed by atoms with E-state index in [1.165, 1.54) is 22.9 Å². The van der Waals surface area contributed by atoms with Crippen molar-refractivity contribution in [1.29, 1.82) is 0 Å². The smallest absolute Gasteiger partial charge is 0.258 e. The predicted octanol–water partition coefficient (Wildman–Crippen LogP) is 5.66. The topological polar surface area (TPSA) is 101 Å². The lowest BCUT2D eigenvalue weighted by atomic mass is 9.90. The molecule has 3 aromatic carbocycles. The molecule has 0 aliphatic carbocycles. The Morgan fingerprint density at radius 2 is 1.81 bits per heavy atom. The number of amides is 1. The fraction of sp³-hybridized carbons (Fsp3) is 0.273. The summed E-state index contributed by atoms with van der Waals surface area (Å²) in [6.45, 7) is 0.0578. The molecule has 2 aromatic heterocycles.